The summed E-state index contributed by atoms with van der Waals surface area (Å²) in [5.41, 5.74) is 0. The van der Waals surface area contributed by atoms with Crippen LogP contribution in [0.5, 0.6) is 0 Å². The molecule has 0 aromatic carbocycles. The van der Waals surface area contributed by atoms with Gasteiger partial charge in [0.05, 0.1) is 6.10 Å². The zero-order valence-electron chi connectivity index (χ0n) is 9.62. The van der Waals surface area contributed by atoms with Crippen molar-refractivity contribution in [1.29, 1.82) is 0 Å². The molecule has 1 N–H and O–H groups in total. The van der Waals surface area contributed by atoms with E-state index in [9.17, 15) is 4.79 Å². The molecule has 1 fully saturated rings. The number of hydrogen-bond acceptors (Lipinski definition) is 3. The topological polar surface area (TPSA) is 38.3 Å². The van der Waals surface area contributed by atoms with Crippen LogP contribution in [0.4, 0.5) is 0 Å². The molecular weight excluding hydrogens is 210 g/mol. The molecule has 4 heteroatoms. The lowest BCUT2D eigenvalue weighted by Gasteiger charge is -2.21. The second kappa shape index (κ2) is 7.12. The van der Waals surface area contributed by atoms with E-state index in [0.717, 1.165) is 6.54 Å². The van der Waals surface area contributed by atoms with E-state index in [-0.39, 0.29) is 18.6 Å². The number of thioether (sulfide) groups is 1. The summed E-state index contributed by atoms with van der Waals surface area (Å²) in [4.78, 5) is 11.3. The Labute approximate surface area is 96.3 Å². The maximum absolute atomic E-state index is 11.3. The van der Waals surface area contributed by atoms with Gasteiger partial charge < -0.3 is 10.1 Å². The molecule has 1 aliphatic heterocycles. The molecule has 1 atom stereocenters. The molecule has 3 nitrogen and oxygen atoms in total. The number of carbonyl (C=O) groups is 1. The highest BCUT2D eigenvalue weighted by Gasteiger charge is 2.14. The Hall–Kier alpha value is -0.220. The molecule has 1 rings (SSSR count). The molecule has 0 radical (unpaired) electrons. The molecule has 0 bridgehead atoms. The molecule has 1 unspecified atom stereocenters. The predicted octanol–water partition coefficient (Wildman–Crippen LogP) is 1.81. The van der Waals surface area contributed by atoms with Crippen LogP contribution in [0.1, 0.15) is 33.1 Å². The zero-order valence-corrected chi connectivity index (χ0v) is 10.4. The first kappa shape index (κ1) is 12.8. The first-order valence-corrected chi connectivity index (χ1v) is 6.73. The lowest BCUT2D eigenvalue weighted by Crippen LogP contribution is -2.34. The van der Waals surface area contributed by atoms with Gasteiger partial charge in [-0.15, -0.1) is 0 Å². The average molecular weight is 231 g/mol. The molecular formula is C11H21NO2S. The maximum atomic E-state index is 11.3. The Morgan fingerprint density at radius 1 is 1.53 bits per heavy atom. The Morgan fingerprint density at radius 3 is 2.93 bits per heavy atom. The summed E-state index contributed by atoms with van der Waals surface area (Å²) in [6.45, 7) is 4.86. The van der Waals surface area contributed by atoms with E-state index < -0.39 is 0 Å². The molecule has 1 saturated heterocycles. The lowest BCUT2D eigenvalue weighted by molar-refractivity contribution is -0.127. The van der Waals surface area contributed by atoms with Crippen molar-refractivity contribution in [2.24, 2.45) is 0 Å². The quantitative estimate of drug-likeness (QED) is 0.784. The van der Waals surface area contributed by atoms with Crippen LogP contribution in [-0.2, 0) is 9.53 Å². The fraction of sp³-hybridized carbons (Fsp3) is 0.909. The molecule has 0 saturated carbocycles. The van der Waals surface area contributed by atoms with Crippen LogP contribution in [0.3, 0.4) is 0 Å². The summed E-state index contributed by atoms with van der Waals surface area (Å²) in [7, 11) is 0. The fourth-order valence-electron chi connectivity index (χ4n) is 1.49. The standard InChI is InChI=1S/C11H21NO2S/c1-9(2)14-8-11(13)12-7-10-5-3-4-6-15-10/h9-10H,3-8H2,1-2H3,(H,12,13). The molecule has 88 valence electrons. The number of nitrogens with one attached hydrogen (secondary N) is 1. The van der Waals surface area contributed by atoms with E-state index >= 15 is 0 Å². The minimum atomic E-state index is 0.00914. The highest BCUT2D eigenvalue weighted by molar-refractivity contribution is 7.99. The molecule has 0 aromatic rings. The average Bonchev–Trinajstić information content (AvgIpc) is 2.25. The first-order chi connectivity index (χ1) is 7.18. The van der Waals surface area contributed by atoms with E-state index in [2.05, 4.69) is 5.32 Å². The van der Waals surface area contributed by atoms with Gasteiger partial charge in [0.15, 0.2) is 0 Å². The van der Waals surface area contributed by atoms with Crippen LogP contribution in [0, 0.1) is 0 Å². The van der Waals surface area contributed by atoms with Gasteiger partial charge in [-0.05, 0) is 32.4 Å². The minimum absolute atomic E-state index is 0.00914. The van der Waals surface area contributed by atoms with Gasteiger partial charge >= 0.3 is 0 Å². The van der Waals surface area contributed by atoms with Gasteiger partial charge in [-0.1, -0.05) is 6.42 Å². The first-order valence-electron chi connectivity index (χ1n) is 5.68. The third-order valence-corrected chi connectivity index (χ3v) is 3.75. The fourth-order valence-corrected chi connectivity index (χ4v) is 2.73. The van der Waals surface area contributed by atoms with Crippen molar-refractivity contribution in [3.63, 3.8) is 0 Å². The maximum Gasteiger partial charge on any atom is 0.246 e. The number of carbonyl (C=O) groups excluding carboxylic acids is 1. The highest BCUT2D eigenvalue weighted by atomic mass is 32.2. The minimum Gasteiger partial charge on any atom is -0.369 e. The van der Waals surface area contributed by atoms with E-state index in [1.807, 2.05) is 25.6 Å². The third kappa shape index (κ3) is 6.05. The van der Waals surface area contributed by atoms with Crippen LogP contribution in [0.15, 0.2) is 0 Å². The normalized spacial score (nSPS) is 21.7. The van der Waals surface area contributed by atoms with Crippen LogP contribution in [-0.4, -0.2) is 36.2 Å². The lowest BCUT2D eigenvalue weighted by atomic mass is 10.2. The molecule has 0 spiro atoms. The van der Waals surface area contributed by atoms with Crippen LogP contribution in [0.2, 0.25) is 0 Å². The number of rotatable bonds is 5. The Kier molecular flexibility index (Phi) is 6.10. The molecule has 1 aliphatic rings. The van der Waals surface area contributed by atoms with Crippen molar-refractivity contribution < 1.29 is 9.53 Å². The summed E-state index contributed by atoms with van der Waals surface area (Å²) >= 11 is 1.97. The van der Waals surface area contributed by atoms with Crippen LogP contribution in [0.25, 0.3) is 0 Å². The van der Waals surface area contributed by atoms with Gasteiger partial charge in [0.2, 0.25) is 5.91 Å². The van der Waals surface area contributed by atoms with E-state index in [1.165, 1.54) is 25.0 Å². The Bertz CT molecular complexity index is 191. The zero-order chi connectivity index (χ0) is 11.1. The van der Waals surface area contributed by atoms with Crippen LogP contribution < -0.4 is 5.32 Å². The summed E-state index contributed by atoms with van der Waals surface area (Å²) in [6, 6.07) is 0. The second-order valence-electron chi connectivity index (χ2n) is 4.15. The summed E-state index contributed by atoms with van der Waals surface area (Å²) < 4.78 is 5.22. The molecule has 0 aliphatic carbocycles. The van der Waals surface area contributed by atoms with Gasteiger partial charge in [-0.2, -0.15) is 11.8 Å². The molecule has 15 heavy (non-hydrogen) atoms. The van der Waals surface area contributed by atoms with Gasteiger partial charge in [-0.3, -0.25) is 4.79 Å². The summed E-state index contributed by atoms with van der Waals surface area (Å²) in [5, 5.41) is 3.54. The third-order valence-electron chi connectivity index (χ3n) is 2.35. The Morgan fingerprint density at radius 2 is 2.33 bits per heavy atom. The van der Waals surface area contributed by atoms with E-state index in [4.69, 9.17) is 4.74 Å². The van der Waals surface area contributed by atoms with Crippen molar-refractivity contribution in [1.82, 2.24) is 5.32 Å². The largest absolute Gasteiger partial charge is 0.369 e. The smallest absolute Gasteiger partial charge is 0.246 e. The van der Waals surface area contributed by atoms with Gasteiger partial charge in [-0.25, -0.2) is 0 Å². The SMILES string of the molecule is CC(C)OCC(=O)NCC1CCCCS1. The van der Waals surface area contributed by atoms with Crippen molar-refractivity contribution in [2.45, 2.75) is 44.5 Å². The summed E-state index contributed by atoms with van der Waals surface area (Å²) in [5.74, 6) is 1.25. The van der Waals surface area contributed by atoms with Crippen molar-refractivity contribution in [3.05, 3.63) is 0 Å². The van der Waals surface area contributed by atoms with Crippen molar-refractivity contribution >= 4 is 17.7 Å². The van der Waals surface area contributed by atoms with Crippen molar-refractivity contribution in [3.8, 4) is 0 Å². The van der Waals surface area contributed by atoms with E-state index in [0.29, 0.717) is 5.25 Å². The summed E-state index contributed by atoms with van der Waals surface area (Å²) in [6.07, 6.45) is 3.98. The predicted molar refractivity (Wildman–Crippen MR) is 64.2 cm³/mol. The number of amides is 1. The molecule has 1 amide bonds. The van der Waals surface area contributed by atoms with Crippen molar-refractivity contribution in [2.75, 3.05) is 18.9 Å². The number of ether oxygens (including phenoxy) is 1. The highest BCUT2D eigenvalue weighted by Crippen LogP contribution is 2.24. The van der Waals surface area contributed by atoms with Gasteiger partial charge in [0.1, 0.15) is 6.61 Å². The van der Waals surface area contributed by atoms with Gasteiger partial charge in [0.25, 0.3) is 0 Å². The Balaban J connectivity index is 2.05. The van der Waals surface area contributed by atoms with Gasteiger partial charge in [0, 0.05) is 11.8 Å². The van der Waals surface area contributed by atoms with E-state index in [1.54, 1.807) is 0 Å². The number of hydrogen-bond donors (Lipinski definition) is 1. The van der Waals surface area contributed by atoms with Crippen LogP contribution >= 0.6 is 11.8 Å². The monoisotopic (exact) mass is 231 g/mol. The second-order valence-corrected chi connectivity index (χ2v) is 5.56. The molecule has 0 aromatic heterocycles. The molecule has 1 heterocycles.